The molecule has 0 aliphatic carbocycles. The standard InChI is InChI=1S/C31H26FN3O4S2/c1-2-18-39-23-15-13-21(14-16-23)27-26(25(36)17-12-20-8-4-3-5-9-20)28(37)29(38)35(27)30-33-34-31(41-30)40-19-22-10-6-7-11-24(22)32/h3-17,27,37H,2,18-19H2,1H3. The van der Waals surface area contributed by atoms with Gasteiger partial charge in [-0.15, -0.1) is 10.2 Å². The molecule has 10 heteroatoms. The van der Waals surface area contributed by atoms with Crippen LogP contribution in [0.25, 0.3) is 6.08 Å². The topological polar surface area (TPSA) is 92.6 Å². The van der Waals surface area contributed by atoms with Crippen LogP contribution >= 0.6 is 23.1 Å². The van der Waals surface area contributed by atoms with E-state index < -0.39 is 23.5 Å². The maximum atomic E-state index is 14.1. The van der Waals surface area contributed by atoms with Gasteiger partial charge in [0, 0.05) is 5.75 Å². The monoisotopic (exact) mass is 587 g/mol. The molecule has 0 radical (unpaired) electrons. The molecule has 0 saturated heterocycles. The molecule has 41 heavy (non-hydrogen) atoms. The normalized spacial score (nSPS) is 15.2. The summed E-state index contributed by atoms with van der Waals surface area (Å²) in [4.78, 5) is 28.2. The summed E-state index contributed by atoms with van der Waals surface area (Å²) >= 11 is 2.41. The van der Waals surface area contributed by atoms with Crippen LogP contribution < -0.4 is 9.64 Å². The van der Waals surface area contributed by atoms with Crippen LogP contribution in [-0.4, -0.2) is 33.6 Å². The average molecular weight is 588 g/mol. The van der Waals surface area contributed by atoms with Crippen LogP contribution in [0.3, 0.4) is 0 Å². The number of benzene rings is 3. The third kappa shape index (κ3) is 6.39. The molecule has 0 spiro atoms. The van der Waals surface area contributed by atoms with Gasteiger partial charge >= 0.3 is 0 Å². The van der Waals surface area contributed by atoms with Gasteiger partial charge in [0.1, 0.15) is 11.6 Å². The van der Waals surface area contributed by atoms with Crippen molar-refractivity contribution < 1.29 is 23.8 Å². The predicted molar refractivity (Wildman–Crippen MR) is 158 cm³/mol. The van der Waals surface area contributed by atoms with Gasteiger partial charge in [-0.25, -0.2) is 4.39 Å². The molecule has 1 aliphatic rings. The summed E-state index contributed by atoms with van der Waals surface area (Å²) in [5.41, 5.74) is 1.86. The van der Waals surface area contributed by atoms with Crippen LogP contribution in [0.5, 0.6) is 5.75 Å². The van der Waals surface area contributed by atoms with Crippen molar-refractivity contribution in [1.82, 2.24) is 10.2 Å². The van der Waals surface area contributed by atoms with Crippen LogP contribution in [0.15, 0.2) is 101 Å². The minimum absolute atomic E-state index is 0.0554. The van der Waals surface area contributed by atoms with Gasteiger partial charge in [0.15, 0.2) is 15.9 Å². The minimum atomic E-state index is -0.937. The number of aromatic nitrogens is 2. The number of rotatable bonds is 11. The lowest BCUT2D eigenvalue weighted by molar-refractivity contribution is -0.117. The van der Waals surface area contributed by atoms with Crippen molar-refractivity contribution in [2.24, 2.45) is 0 Å². The van der Waals surface area contributed by atoms with E-state index in [4.69, 9.17) is 4.74 Å². The van der Waals surface area contributed by atoms with Gasteiger partial charge in [-0.3, -0.25) is 14.5 Å². The molecule has 1 amide bonds. The first-order chi connectivity index (χ1) is 20.0. The highest BCUT2D eigenvalue weighted by Crippen LogP contribution is 2.43. The van der Waals surface area contributed by atoms with E-state index >= 15 is 0 Å². The van der Waals surface area contributed by atoms with Crippen molar-refractivity contribution >= 4 is 46.0 Å². The van der Waals surface area contributed by atoms with Crippen LogP contribution in [0.1, 0.15) is 36.1 Å². The van der Waals surface area contributed by atoms with Crippen molar-refractivity contribution in [1.29, 1.82) is 0 Å². The Bertz CT molecular complexity index is 1600. The maximum absolute atomic E-state index is 14.1. The zero-order valence-corrected chi connectivity index (χ0v) is 23.7. The Kier molecular flexibility index (Phi) is 8.91. The molecule has 3 aromatic carbocycles. The minimum Gasteiger partial charge on any atom is -0.503 e. The molecule has 1 atom stereocenters. The second-order valence-electron chi connectivity index (χ2n) is 9.10. The number of ketones is 1. The van der Waals surface area contributed by atoms with Crippen LogP contribution in [0.4, 0.5) is 9.52 Å². The first-order valence-electron chi connectivity index (χ1n) is 12.9. The molecule has 208 valence electrons. The molecular formula is C31H26FN3O4S2. The number of ether oxygens (including phenoxy) is 1. The third-order valence-electron chi connectivity index (χ3n) is 6.28. The number of hydrogen-bond donors (Lipinski definition) is 1. The Morgan fingerprint density at radius 1 is 1.07 bits per heavy atom. The SMILES string of the molecule is CCCOc1ccc(C2C(C(=O)C=Cc3ccccc3)=C(O)C(=O)N2c2nnc(SCc3ccccc3F)s2)cc1. The van der Waals surface area contributed by atoms with Crippen molar-refractivity contribution in [3.8, 4) is 5.75 Å². The van der Waals surface area contributed by atoms with E-state index in [1.54, 1.807) is 48.5 Å². The van der Waals surface area contributed by atoms with E-state index in [1.807, 2.05) is 37.3 Å². The zero-order valence-electron chi connectivity index (χ0n) is 22.1. The van der Waals surface area contributed by atoms with E-state index in [0.717, 1.165) is 23.3 Å². The largest absolute Gasteiger partial charge is 0.503 e. The van der Waals surface area contributed by atoms with Gasteiger partial charge in [-0.1, -0.05) is 96.8 Å². The summed E-state index contributed by atoms with van der Waals surface area (Å²) in [7, 11) is 0. The maximum Gasteiger partial charge on any atom is 0.296 e. The summed E-state index contributed by atoms with van der Waals surface area (Å²) in [6.45, 7) is 2.57. The van der Waals surface area contributed by atoms with Crippen LogP contribution in [0, 0.1) is 5.82 Å². The lowest BCUT2D eigenvalue weighted by Crippen LogP contribution is -2.30. The second-order valence-corrected chi connectivity index (χ2v) is 11.3. The van der Waals surface area contributed by atoms with Gasteiger partial charge in [0.25, 0.3) is 5.91 Å². The number of hydrogen-bond acceptors (Lipinski definition) is 8. The third-order valence-corrected chi connectivity index (χ3v) is 8.38. The number of anilines is 1. The molecule has 0 saturated carbocycles. The van der Waals surface area contributed by atoms with Crippen molar-refractivity contribution in [2.75, 3.05) is 11.5 Å². The Labute approximate surface area is 245 Å². The Hall–Kier alpha value is -4.28. The molecular weight excluding hydrogens is 561 g/mol. The van der Waals surface area contributed by atoms with Gasteiger partial charge in [0.05, 0.1) is 18.2 Å². The van der Waals surface area contributed by atoms with E-state index in [-0.39, 0.29) is 16.5 Å². The van der Waals surface area contributed by atoms with E-state index in [0.29, 0.717) is 33.6 Å². The Morgan fingerprint density at radius 2 is 1.80 bits per heavy atom. The molecule has 1 aliphatic heterocycles. The highest BCUT2D eigenvalue weighted by molar-refractivity contribution is 8.00. The summed E-state index contributed by atoms with van der Waals surface area (Å²) in [6.07, 6.45) is 3.83. The summed E-state index contributed by atoms with van der Waals surface area (Å²) in [5, 5.41) is 19.6. The number of nitrogens with zero attached hydrogens (tertiary/aromatic N) is 3. The molecule has 0 bridgehead atoms. The van der Waals surface area contributed by atoms with Gasteiger partial charge < -0.3 is 9.84 Å². The zero-order chi connectivity index (χ0) is 28.8. The van der Waals surface area contributed by atoms with Crippen molar-refractivity contribution in [3.63, 3.8) is 0 Å². The van der Waals surface area contributed by atoms with Crippen molar-refractivity contribution in [3.05, 3.63) is 119 Å². The quantitative estimate of drug-likeness (QED) is 0.115. The van der Waals surface area contributed by atoms with E-state index in [2.05, 4.69) is 10.2 Å². The number of amides is 1. The van der Waals surface area contributed by atoms with Gasteiger partial charge in [0.2, 0.25) is 5.13 Å². The predicted octanol–water partition coefficient (Wildman–Crippen LogP) is 6.94. The molecule has 1 N–H and O–H groups in total. The molecule has 5 rings (SSSR count). The molecule has 1 aromatic heterocycles. The summed E-state index contributed by atoms with van der Waals surface area (Å²) in [6, 6.07) is 21.9. The second kappa shape index (κ2) is 12.9. The van der Waals surface area contributed by atoms with E-state index in [9.17, 15) is 19.1 Å². The Morgan fingerprint density at radius 3 is 2.54 bits per heavy atom. The fraction of sp³-hybridized carbons (Fsp3) is 0.161. The molecule has 7 nitrogen and oxygen atoms in total. The lowest BCUT2D eigenvalue weighted by Gasteiger charge is -2.24. The molecule has 2 heterocycles. The number of allylic oxidation sites excluding steroid dienone is 1. The average Bonchev–Trinajstić information content (AvgIpc) is 3.57. The van der Waals surface area contributed by atoms with Gasteiger partial charge in [-0.2, -0.15) is 0 Å². The van der Waals surface area contributed by atoms with Gasteiger partial charge in [-0.05, 0) is 47.4 Å². The van der Waals surface area contributed by atoms with Crippen LogP contribution in [0.2, 0.25) is 0 Å². The first kappa shape index (κ1) is 28.3. The number of aliphatic hydroxyl groups is 1. The van der Waals surface area contributed by atoms with Crippen LogP contribution in [-0.2, 0) is 15.3 Å². The number of carbonyl (C=O) groups excluding carboxylic acids is 2. The number of halogens is 1. The number of carbonyl (C=O) groups is 2. The van der Waals surface area contributed by atoms with Crippen molar-refractivity contribution in [2.45, 2.75) is 29.5 Å². The molecule has 4 aromatic rings. The first-order valence-corrected chi connectivity index (χ1v) is 14.7. The van der Waals surface area contributed by atoms with E-state index in [1.165, 1.54) is 28.8 Å². The highest BCUT2D eigenvalue weighted by atomic mass is 32.2. The smallest absolute Gasteiger partial charge is 0.296 e. The summed E-state index contributed by atoms with van der Waals surface area (Å²) in [5.74, 6) is -1.22. The highest BCUT2D eigenvalue weighted by Gasteiger charge is 2.45. The fourth-order valence-electron chi connectivity index (χ4n) is 4.27. The number of thioether (sulfide) groups is 1. The Balaban J connectivity index is 1.46. The lowest BCUT2D eigenvalue weighted by atomic mass is 9.95. The molecule has 1 unspecified atom stereocenters. The molecule has 0 fully saturated rings. The fourth-order valence-corrected chi connectivity index (χ4v) is 6.13. The number of aliphatic hydroxyl groups excluding tert-OH is 1. The summed E-state index contributed by atoms with van der Waals surface area (Å²) < 4.78 is 20.3.